The number of hydrogen-bond acceptors (Lipinski definition) is 2. The number of rotatable bonds is 6. The Labute approximate surface area is 164 Å². The molecule has 2 rings (SSSR count). The van der Waals surface area contributed by atoms with Gasteiger partial charge in [0.1, 0.15) is 0 Å². The molecule has 1 amide bonds. The summed E-state index contributed by atoms with van der Waals surface area (Å²) in [7, 11) is 0. The van der Waals surface area contributed by atoms with Gasteiger partial charge in [0.25, 0.3) is 0 Å². The van der Waals surface area contributed by atoms with Crippen LogP contribution in [0.15, 0.2) is 4.99 Å². The Hall–Kier alpha value is -0.530. The van der Waals surface area contributed by atoms with Crippen LogP contribution in [0.2, 0.25) is 0 Å². The van der Waals surface area contributed by atoms with E-state index < -0.39 is 0 Å². The minimum absolute atomic E-state index is 0. The van der Waals surface area contributed by atoms with Crippen LogP contribution < -0.4 is 10.6 Å². The van der Waals surface area contributed by atoms with Crippen LogP contribution in [0.25, 0.3) is 0 Å². The molecule has 5 nitrogen and oxygen atoms in total. The second-order valence-corrected chi connectivity index (χ2v) is 7.78. The molecule has 0 aromatic heterocycles. The van der Waals surface area contributed by atoms with E-state index in [1.165, 1.54) is 32.1 Å². The van der Waals surface area contributed by atoms with Crippen molar-refractivity contribution in [1.29, 1.82) is 0 Å². The first-order valence-corrected chi connectivity index (χ1v) is 9.30. The van der Waals surface area contributed by atoms with Crippen LogP contribution in [0, 0.1) is 11.3 Å². The van der Waals surface area contributed by atoms with Crippen molar-refractivity contribution in [2.45, 2.75) is 59.3 Å². The molecule has 0 aromatic rings. The molecule has 0 atom stereocenters. The van der Waals surface area contributed by atoms with Crippen molar-refractivity contribution in [2.75, 3.05) is 32.7 Å². The van der Waals surface area contributed by atoms with Crippen LogP contribution in [-0.4, -0.2) is 49.5 Å². The molecule has 1 aliphatic carbocycles. The number of likely N-dealkylation sites (tertiary alicyclic amines) is 1. The van der Waals surface area contributed by atoms with Gasteiger partial charge >= 0.3 is 0 Å². The van der Waals surface area contributed by atoms with Crippen molar-refractivity contribution >= 4 is 35.8 Å². The summed E-state index contributed by atoms with van der Waals surface area (Å²) in [4.78, 5) is 18.9. The standard InChI is InChI=1S/C18H34N4O.HI/c1-4-19-17(22-12-9-18(2,3)14-22)21-11-10-20-16(23)13-15-7-5-6-8-15;/h15H,4-14H2,1-3H3,(H,19,21)(H,20,23);1H. The van der Waals surface area contributed by atoms with Crippen LogP contribution in [0.5, 0.6) is 0 Å². The van der Waals surface area contributed by atoms with Gasteiger partial charge in [0.05, 0.1) is 6.54 Å². The normalized spacial score (nSPS) is 20.8. The summed E-state index contributed by atoms with van der Waals surface area (Å²) in [5, 5.41) is 6.39. The molecule has 1 saturated carbocycles. The fraction of sp³-hybridized carbons (Fsp3) is 0.889. The van der Waals surface area contributed by atoms with Gasteiger partial charge in [0.15, 0.2) is 5.96 Å². The van der Waals surface area contributed by atoms with E-state index in [1.54, 1.807) is 0 Å². The van der Waals surface area contributed by atoms with E-state index in [4.69, 9.17) is 0 Å². The Balaban J connectivity index is 0.00000288. The van der Waals surface area contributed by atoms with Gasteiger partial charge in [-0.2, -0.15) is 0 Å². The molecule has 24 heavy (non-hydrogen) atoms. The zero-order chi connectivity index (χ0) is 16.7. The fourth-order valence-corrected chi connectivity index (χ4v) is 3.62. The molecule has 1 saturated heterocycles. The maximum Gasteiger partial charge on any atom is 0.220 e. The van der Waals surface area contributed by atoms with Crippen LogP contribution in [0.3, 0.4) is 0 Å². The number of carbonyl (C=O) groups excluding carboxylic acids is 1. The number of amides is 1. The summed E-state index contributed by atoms with van der Waals surface area (Å²) < 4.78 is 0. The number of carbonyl (C=O) groups is 1. The summed E-state index contributed by atoms with van der Waals surface area (Å²) in [6.45, 7) is 11.0. The molecule has 0 aromatic carbocycles. The summed E-state index contributed by atoms with van der Waals surface area (Å²) in [6.07, 6.45) is 6.93. The van der Waals surface area contributed by atoms with Gasteiger partial charge < -0.3 is 15.5 Å². The largest absolute Gasteiger partial charge is 0.357 e. The highest BCUT2D eigenvalue weighted by Crippen LogP contribution is 2.28. The lowest BCUT2D eigenvalue weighted by molar-refractivity contribution is -0.121. The summed E-state index contributed by atoms with van der Waals surface area (Å²) >= 11 is 0. The van der Waals surface area contributed by atoms with Gasteiger partial charge in [-0.25, -0.2) is 0 Å². The quantitative estimate of drug-likeness (QED) is 0.283. The third kappa shape index (κ3) is 7.15. The molecular weight excluding hydrogens is 415 g/mol. The second kappa shape index (κ2) is 10.5. The van der Waals surface area contributed by atoms with E-state index in [-0.39, 0.29) is 29.9 Å². The van der Waals surface area contributed by atoms with Crippen LogP contribution in [0.1, 0.15) is 59.3 Å². The molecule has 0 radical (unpaired) electrons. The van der Waals surface area contributed by atoms with E-state index in [1.807, 2.05) is 0 Å². The first-order chi connectivity index (χ1) is 11.0. The molecule has 1 heterocycles. The van der Waals surface area contributed by atoms with Gasteiger partial charge in [-0.15, -0.1) is 24.0 Å². The summed E-state index contributed by atoms with van der Waals surface area (Å²) in [6, 6.07) is 0. The zero-order valence-corrected chi connectivity index (χ0v) is 17.9. The van der Waals surface area contributed by atoms with Gasteiger partial charge in [-0.1, -0.05) is 26.7 Å². The Morgan fingerprint density at radius 1 is 1.25 bits per heavy atom. The minimum atomic E-state index is 0. The molecule has 0 spiro atoms. The molecule has 2 aliphatic rings. The smallest absolute Gasteiger partial charge is 0.220 e. The molecule has 2 fully saturated rings. The molecule has 2 N–H and O–H groups in total. The van der Waals surface area contributed by atoms with Crippen molar-refractivity contribution in [3.63, 3.8) is 0 Å². The topological polar surface area (TPSA) is 56.7 Å². The molecular formula is C18H35IN4O. The lowest BCUT2D eigenvalue weighted by Crippen LogP contribution is -2.41. The summed E-state index contributed by atoms with van der Waals surface area (Å²) in [5.41, 5.74) is 0.367. The highest BCUT2D eigenvalue weighted by Gasteiger charge is 2.30. The van der Waals surface area contributed by atoms with E-state index in [2.05, 4.69) is 41.3 Å². The first kappa shape index (κ1) is 21.5. The lowest BCUT2D eigenvalue weighted by Gasteiger charge is -2.23. The van der Waals surface area contributed by atoms with Crippen molar-refractivity contribution in [2.24, 2.45) is 16.3 Å². The van der Waals surface area contributed by atoms with Crippen molar-refractivity contribution in [3.8, 4) is 0 Å². The number of guanidine groups is 1. The van der Waals surface area contributed by atoms with E-state index in [9.17, 15) is 4.79 Å². The Morgan fingerprint density at radius 2 is 1.96 bits per heavy atom. The molecule has 0 bridgehead atoms. The third-order valence-corrected chi connectivity index (χ3v) is 4.96. The predicted octanol–water partition coefficient (Wildman–Crippen LogP) is 3.00. The zero-order valence-electron chi connectivity index (χ0n) is 15.6. The number of nitrogens with zero attached hydrogens (tertiary/aromatic N) is 2. The average Bonchev–Trinajstić information content (AvgIpc) is 3.11. The van der Waals surface area contributed by atoms with Crippen LogP contribution in [0.4, 0.5) is 0 Å². The Kier molecular flexibility index (Phi) is 9.37. The molecule has 6 heteroatoms. The SMILES string of the molecule is CCNC(=NCCNC(=O)CC1CCCC1)N1CCC(C)(C)C1.I. The van der Waals surface area contributed by atoms with E-state index in [0.717, 1.165) is 25.6 Å². The monoisotopic (exact) mass is 450 g/mol. The average molecular weight is 450 g/mol. The number of aliphatic imine (C=N–C) groups is 1. The Bertz CT molecular complexity index is 419. The van der Waals surface area contributed by atoms with Gasteiger partial charge in [-0.3, -0.25) is 9.79 Å². The summed E-state index contributed by atoms with van der Waals surface area (Å²) in [5.74, 6) is 1.80. The van der Waals surface area contributed by atoms with Gasteiger partial charge in [0, 0.05) is 32.6 Å². The highest BCUT2D eigenvalue weighted by atomic mass is 127. The highest BCUT2D eigenvalue weighted by molar-refractivity contribution is 14.0. The fourth-order valence-electron chi connectivity index (χ4n) is 3.62. The van der Waals surface area contributed by atoms with Crippen LogP contribution in [-0.2, 0) is 4.79 Å². The maximum atomic E-state index is 11.9. The van der Waals surface area contributed by atoms with Gasteiger partial charge in [0.2, 0.25) is 5.91 Å². The lowest BCUT2D eigenvalue weighted by atomic mass is 9.93. The molecule has 0 unspecified atom stereocenters. The predicted molar refractivity (Wildman–Crippen MR) is 111 cm³/mol. The number of halogens is 1. The first-order valence-electron chi connectivity index (χ1n) is 9.30. The van der Waals surface area contributed by atoms with Crippen molar-refractivity contribution in [1.82, 2.24) is 15.5 Å². The Morgan fingerprint density at radius 3 is 2.54 bits per heavy atom. The van der Waals surface area contributed by atoms with E-state index >= 15 is 0 Å². The molecule has 140 valence electrons. The second-order valence-electron chi connectivity index (χ2n) is 7.78. The maximum absolute atomic E-state index is 11.9. The number of nitrogens with one attached hydrogen (secondary N) is 2. The van der Waals surface area contributed by atoms with Crippen molar-refractivity contribution < 1.29 is 4.79 Å². The van der Waals surface area contributed by atoms with Crippen LogP contribution >= 0.6 is 24.0 Å². The molecule has 1 aliphatic heterocycles. The van der Waals surface area contributed by atoms with Crippen molar-refractivity contribution in [3.05, 3.63) is 0 Å². The third-order valence-electron chi connectivity index (χ3n) is 4.96. The minimum Gasteiger partial charge on any atom is -0.357 e. The van der Waals surface area contributed by atoms with E-state index in [0.29, 0.717) is 30.8 Å². The number of hydrogen-bond donors (Lipinski definition) is 2. The van der Waals surface area contributed by atoms with Gasteiger partial charge in [-0.05, 0) is 37.5 Å².